The molecule has 1 aromatic carbocycles. The number of nitrogens with one attached hydrogen (secondary N) is 1. The molecule has 1 aromatic heterocycles. The third kappa shape index (κ3) is 4.58. The number of aromatic nitrogens is 2. The normalized spacial score (nSPS) is 19.5. The van der Waals surface area contributed by atoms with Crippen molar-refractivity contribution in [1.82, 2.24) is 15.3 Å². The van der Waals surface area contributed by atoms with Crippen LogP contribution in [0.25, 0.3) is 0 Å². The number of hydrogen-bond acceptors (Lipinski definition) is 5. The van der Waals surface area contributed by atoms with Crippen LogP contribution >= 0.6 is 0 Å². The molecule has 2 heterocycles. The van der Waals surface area contributed by atoms with Gasteiger partial charge in [-0.05, 0) is 25.0 Å². The SMILES string of the molecule is COCC1CN(c2ncccn2)CC1C(=O)NCCc1cccc(C)c1. The van der Waals surface area contributed by atoms with Gasteiger partial charge < -0.3 is 15.0 Å². The van der Waals surface area contributed by atoms with Gasteiger partial charge in [0.25, 0.3) is 0 Å². The van der Waals surface area contributed by atoms with Crippen molar-refractivity contribution in [1.29, 1.82) is 0 Å². The van der Waals surface area contributed by atoms with Gasteiger partial charge in [-0.3, -0.25) is 4.79 Å². The van der Waals surface area contributed by atoms with E-state index >= 15 is 0 Å². The lowest BCUT2D eigenvalue weighted by Crippen LogP contribution is -2.37. The zero-order valence-corrected chi connectivity index (χ0v) is 15.4. The van der Waals surface area contributed by atoms with E-state index in [0.29, 0.717) is 25.6 Å². The highest BCUT2D eigenvalue weighted by atomic mass is 16.5. The second-order valence-corrected chi connectivity index (χ2v) is 6.81. The molecule has 0 radical (unpaired) electrons. The molecule has 0 saturated carbocycles. The molecule has 0 spiro atoms. The molecule has 6 nitrogen and oxygen atoms in total. The molecular weight excluding hydrogens is 328 g/mol. The molecule has 3 rings (SSSR count). The molecule has 1 N–H and O–H groups in total. The van der Waals surface area contributed by atoms with Gasteiger partial charge in [-0.25, -0.2) is 9.97 Å². The molecule has 2 atom stereocenters. The fourth-order valence-electron chi connectivity index (χ4n) is 3.50. The number of carbonyl (C=O) groups is 1. The van der Waals surface area contributed by atoms with Crippen LogP contribution in [-0.2, 0) is 16.0 Å². The maximum absolute atomic E-state index is 12.7. The Labute approximate surface area is 154 Å². The zero-order valence-electron chi connectivity index (χ0n) is 15.4. The fraction of sp³-hybridized carbons (Fsp3) is 0.450. The Balaban J connectivity index is 1.57. The van der Waals surface area contributed by atoms with E-state index in [1.807, 2.05) is 0 Å². The average Bonchev–Trinajstić information content (AvgIpc) is 3.07. The summed E-state index contributed by atoms with van der Waals surface area (Å²) in [6.45, 7) is 4.62. The lowest BCUT2D eigenvalue weighted by molar-refractivity contribution is -0.126. The first-order valence-corrected chi connectivity index (χ1v) is 9.01. The smallest absolute Gasteiger partial charge is 0.225 e. The van der Waals surface area contributed by atoms with E-state index in [0.717, 1.165) is 13.0 Å². The minimum absolute atomic E-state index is 0.0816. The highest BCUT2D eigenvalue weighted by molar-refractivity contribution is 5.80. The topological polar surface area (TPSA) is 67.3 Å². The molecule has 0 aliphatic carbocycles. The van der Waals surface area contributed by atoms with Gasteiger partial charge in [0, 0.05) is 45.1 Å². The maximum Gasteiger partial charge on any atom is 0.225 e. The highest BCUT2D eigenvalue weighted by Gasteiger charge is 2.38. The molecule has 0 bridgehead atoms. The van der Waals surface area contributed by atoms with Gasteiger partial charge in [-0.1, -0.05) is 29.8 Å². The number of benzene rings is 1. The molecule has 26 heavy (non-hydrogen) atoms. The van der Waals surface area contributed by atoms with E-state index < -0.39 is 0 Å². The minimum Gasteiger partial charge on any atom is -0.384 e. The van der Waals surface area contributed by atoms with Gasteiger partial charge in [-0.2, -0.15) is 0 Å². The van der Waals surface area contributed by atoms with Gasteiger partial charge in [0.15, 0.2) is 0 Å². The lowest BCUT2D eigenvalue weighted by atomic mass is 9.96. The molecular formula is C20H26N4O2. The van der Waals surface area contributed by atoms with Crippen molar-refractivity contribution in [3.05, 3.63) is 53.9 Å². The van der Waals surface area contributed by atoms with Crippen LogP contribution in [0.15, 0.2) is 42.7 Å². The Kier molecular flexibility index (Phi) is 6.17. The summed E-state index contributed by atoms with van der Waals surface area (Å²) >= 11 is 0. The van der Waals surface area contributed by atoms with Crippen LogP contribution in [0.3, 0.4) is 0 Å². The van der Waals surface area contributed by atoms with E-state index in [4.69, 9.17) is 4.74 Å². The first-order chi connectivity index (χ1) is 12.7. The van der Waals surface area contributed by atoms with Crippen molar-refractivity contribution in [3.63, 3.8) is 0 Å². The molecule has 138 valence electrons. The van der Waals surface area contributed by atoms with E-state index in [9.17, 15) is 4.79 Å². The summed E-state index contributed by atoms with van der Waals surface area (Å²) in [7, 11) is 1.67. The Bertz CT molecular complexity index is 723. The molecule has 1 saturated heterocycles. The summed E-state index contributed by atoms with van der Waals surface area (Å²) in [4.78, 5) is 23.4. The highest BCUT2D eigenvalue weighted by Crippen LogP contribution is 2.26. The Morgan fingerprint density at radius 3 is 2.81 bits per heavy atom. The average molecular weight is 354 g/mol. The summed E-state index contributed by atoms with van der Waals surface area (Å²) in [5.41, 5.74) is 2.48. The quantitative estimate of drug-likeness (QED) is 0.822. The van der Waals surface area contributed by atoms with E-state index in [1.54, 1.807) is 25.6 Å². The van der Waals surface area contributed by atoms with E-state index in [2.05, 4.69) is 51.4 Å². The van der Waals surface area contributed by atoms with Gasteiger partial charge in [0.1, 0.15) is 0 Å². The standard InChI is InChI=1S/C20H26N4O2/c1-15-5-3-6-16(11-15)7-10-21-19(25)18-13-24(12-17(18)14-26-2)20-22-8-4-9-23-20/h3-6,8-9,11,17-18H,7,10,12-14H2,1-2H3,(H,21,25). The fourth-order valence-corrected chi connectivity index (χ4v) is 3.50. The van der Waals surface area contributed by atoms with Crippen LogP contribution in [0.5, 0.6) is 0 Å². The minimum atomic E-state index is -0.115. The van der Waals surface area contributed by atoms with Gasteiger partial charge in [0.05, 0.1) is 12.5 Å². The van der Waals surface area contributed by atoms with Crippen molar-refractivity contribution in [2.75, 3.05) is 38.3 Å². The third-order valence-electron chi connectivity index (χ3n) is 4.79. The van der Waals surface area contributed by atoms with Crippen molar-refractivity contribution >= 4 is 11.9 Å². The number of rotatable bonds is 7. The number of hydrogen-bond donors (Lipinski definition) is 1. The monoisotopic (exact) mass is 354 g/mol. The molecule has 1 amide bonds. The van der Waals surface area contributed by atoms with Crippen molar-refractivity contribution < 1.29 is 9.53 Å². The van der Waals surface area contributed by atoms with Crippen LogP contribution in [-0.4, -0.2) is 49.2 Å². The molecule has 1 aliphatic heterocycles. The second kappa shape index (κ2) is 8.76. The van der Waals surface area contributed by atoms with Crippen LogP contribution in [0, 0.1) is 18.8 Å². The van der Waals surface area contributed by atoms with Crippen molar-refractivity contribution in [2.45, 2.75) is 13.3 Å². The lowest BCUT2D eigenvalue weighted by Gasteiger charge is -2.17. The Hall–Kier alpha value is -2.47. The van der Waals surface area contributed by atoms with Crippen molar-refractivity contribution in [3.8, 4) is 0 Å². The van der Waals surface area contributed by atoms with Crippen molar-refractivity contribution in [2.24, 2.45) is 11.8 Å². The summed E-state index contributed by atoms with van der Waals surface area (Å²) < 4.78 is 5.33. The van der Waals surface area contributed by atoms with E-state index in [1.165, 1.54) is 11.1 Å². The number of aryl methyl sites for hydroxylation is 1. The molecule has 1 fully saturated rings. The summed E-state index contributed by atoms with van der Waals surface area (Å²) in [6, 6.07) is 10.2. The number of carbonyl (C=O) groups excluding carboxylic acids is 1. The molecule has 2 aromatic rings. The van der Waals surface area contributed by atoms with Gasteiger partial charge >= 0.3 is 0 Å². The predicted molar refractivity (Wildman–Crippen MR) is 101 cm³/mol. The number of ether oxygens (including phenoxy) is 1. The molecule has 1 aliphatic rings. The zero-order chi connectivity index (χ0) is 18.4. The third-order valence-corrected chi connectivity index (χ3v) is 4.79. The maximum atomic E-state index is 12.7. The molecule has 6 heteroatoms. The summed E-state index contributed by atoms with van der Waals surface area (Å²) in [6.07, 6.45) is 4.28. The van der Waals surface area contributed by atoms with Crippen LogP contribution < -0.4 is 10.2 Å². The predicted octanol–water partition coefficient (Wildman–Crippen LogP) is 1.84. The first kappa shape index (κ1) is 18.3. The van der Waals surface area contributed by atoms with Crippen LogP contribution in [0.4, 0.5) is 5.95 Å². The van der Waals surface area contributed by atoms with Crippen LogP contribution in [0.1, 0.15) is 11.1 Å². The Morgan fingerprint density at radius 2 is 2.08 bits per heavy atom. The summed E-state index contributed by atoms with van der Waals surface area (Å²) in [5, 5.41) is 3.09. The number of methoxy groups -OCH3 is 1. The summed E-state index contributed by atoms with van der Waals surface area (Å²) in [5.74, 6) is 0.779. The first-order valence-electron chi connectivity index (χ1n) is 9.01. The number of anilines is 1. The van der Waals surface area contributed by atoms with E-state index in [-0.39, 0.29) is 17.7 Å². The molecule has 2 unspecified atom stereocenters. The largest absolute Gasteiger partial charge is 0.384 e. The number of amides is 1. The Morgan fingerprint density at radius 1 is 1.27 bits per heavy atom. The van der Waals surface area contributed by atoms with Gasteiger partial charge in [0.2, 0.25) is 11.9 Å². The second-order valence-electron chi connectivity index (χ2n) is 6.81. The number of nitrogens with zero attached hydrogens (tertiary/aromatic N) is 3. The van der Waals surface area contributed by atoms with Gasteiger partial charge in [-0.15, -0.1) is 0 Å². The van der Waals surface area contributed by atoms with Crippen LogP contribution in [0.2, 0.25) is 0 Å².